The Balaban J connectivity index is 1.83. The van der Waals surface area contributed by atoms with E-state index in [2.05, 4.69) is 0 Å². The van der Waals surface area contributed by atoms with Gasteiger partial charge in [0.05, 0.1) is 17.2 Å². The number of halogens is 1. The molecule has 1 fully saturated rings. The minimum absolute atomic E-state index is 0.248. The van der Waals surface area contributed by atoms with E-state index in [0.29, 0.717) is 36.4 Å². The predicted molar refractivity (Wildman–Crippen MR) is 103 cm³/mol. The van der Waals surface area contributed by atoms with Crippen molar-refractivity contribution in [1.29, 1.82) is 0 Å². The van der Waals surface area contributed by atoms with Crippen LogP contribution in [0, 0.1) is 5.92 Å². The number of piperidine rings is 1. The molecule has 146 valence electrons. The highest BCUT2D eigenvalue weighted by atomic mass is 35.5. The molecule has 0 atom stereocenters. The Morgan fingerprint density at radius 2 is 1.85 bits per heavy atom. The molecule has 1 saturated heterocycles. The van der Waals surface area contributed by atoms with Crippen LogP contribution in [-0.2, 0) is 10.3 Å². The summed E-state index contributed by atoms with van der Waals surface area (Å²) < 4.78 is 11.3. The maximum absolute atomic E-state index is 12.1. The van der Waals surface area contributed by atoms with E-state index in [1.165, 1.54) is 0 Å². The number of hydrogen-bond donors (Lipinski definition) is 1. The number of benzene rings is 1. The molecule has 0 unspecified atom stereocenters. The van der Waals surface area contributed by atoms with Gasteiger partial charge in [-0.25, -0.2) is 4.79 Å². The molecular formula is C20H30ClNO4. The number of carbonyl (C=O) groups is 1. The normalized spacial score (nSPS) is 16.5. The molecule has 0 aliphatic carbocycles. The lowest BCUT2D eigenvalue weighted by molar-refractivity contribution is 0.0164. The zero-order chi connectivity index (χ0) is 19.5. The third kappa shape index (κ3) is 6.06. The first-order chi connectivity index (χ1) is 12.0. The average Bonchev–Trinajstić information content (AvgIpc) is 2.51. The second-order valence-corrected chi connectivity index (χ2v) is 8.83. The molecule has 0 radical (unpaired) electrons. The number of likely N-dealkylation sites (tertiary alicyclic amines) is 1. The molecule has 5 nitrogen and oxygen atoms in total. The molecule has 1 amide bonds. The van der Waals surface area contributed by atoms with Gasteiger partial charge in [-0.15, -0.1) is 0 Å². The third-order valence-electron chi connectivity index (χ3n) is 4.38. The quantitative estimate of drug-likeness (QED) is 0.825. The maximum Gasteiger partial charge on any atom is 0.410 e. The fourth-order valence-electron chi connectivity index (χ4n) is 2.81. The van der Waals surface area contributed by atoms with Crippen LogP contribution in [0.1, 0.15) is 53.0 Å². The van der Waals surface area contributed by atoms with Gasteiger partial charge in [0.15, 0.2) is 0 Å². The molecule has 26 heavy (non-hydrogen) atoms. The van der Waals surface area contributed by atoms with E-state index in [4.69, 9.17) is 21.1 Å². The van der Waals surface area contributed by atoms with E-state index in [0.717, 1.165) is 18.4 Å². The summed E-state index contributed by atoms with van der Waals surface area (Å²) in [6.45, 7) is 11.0. The highest BCUT2D eigenvalue weighted by Crippen LogP contribution is 2.31. The zero-order valence-corrected chi connectivity index (χ0v) is 17.1. The van der Waals surface area contributed by atoms with Crippen molar-refractivity contribution in [2.45, 2.75) is 58.7 Å². The number of ether oxygens (including phenoxy) is 2. The molecule has 1 aromatic rings. The fourth-order valence-corrected chi connectivity index (χ4v) is 3.05. The summed E-state index contributed by atoms with van der Waals surface area (Å²) in [6.07, 6.45) is 1.50. The first-order valence-electron chi connectivity index (χ1n) is 9.09. The number of nitrogens with zero attached hydrogens (tertiary/aromatic N) is 1. The highest BCUT2D eigenvalue weighted by Gasteiger charge is 2.27. The fraction of sp³-hybridized carbons (Fsp3) is 0.650. The minimum Gasteiger partial charge on any atom is -0.492 e. The molecule has 1 heterocycles. The Labute approximate surface area is 161 Å². The van der Waals surface area contributed by atoms with Crippen molar-refractivity contribution in [1.82, 2.24) is 4.90 Å². The van der Waals surface area contributed by atoms with Crippen LogP contribution >= 0.6 is 11.6 Å². The van der Waals surface area contributed by atoms with Crippen molar-refractivity contribution < 1.29 is 19.4 Å². The molecule has 0 saturated carbocycles. The molecule has 1 aromatic carbocycles. The van der Waals surface area contributed by atoms with Crippen molar-refractivity contribution in [2.75, 3.05) is 19.7 Å². The van der Waals surface area contributed by atoms with Crippen LogP contribution in [0.4, 0.5) is 4.79 Å². The van der Waals surface area contributed by atoms with Gasteiger partial charge in [-0.2, -0.15) is 0 Å². The molecule has 2 rings (SSSR count). The van der Waals surface area contributed by atoms with Crippen LogP contribution in [0.3, 0.4) is 0 Å². The summed E-state index contributed by atoms with van der Waals surface area (Å²) in [4.78, 5) is 13.8. The van der Waals surface area contributed by atoms with Crippen molar-refractivity contribution in [2.24, 2.45) is 5.92 Å². The lowest BCUT2D eigenvalue weighted by Crippen LogP contribution is -2.42. The third-order valence-corrected chi connectivity index (χ3v) is 4.67. The van der Waals surface area contributed by atoms with Gasteiger partial charge in [0.2, 0.25) is 0 Å². The number of hydrogen-bond acceptors (Lipinski definition) is 4. The van der Waals surface area contributed by atoms with Gasteiger partial charge in [0.1, 0.15) is 11.4 Å². The molecule has 6 heteroatoms. The van der Waals surface area contributed by atoms with E-state index in [1.54, 1.807) is 30.9 Å². The topological polar surface area (TPSA) is 59.0 Å². The number of amides is 1. The predicted octanol–water partition coefficient (Wildman–Crippen LogP) is 4.59. The summed E-state index contributed by atoms with van der Waals surface area (Å²) in [7, 11) is 0. The van der Waals surface area contributed by atoms with Crippen LogP contribution in [0.25, 0.3) is 0 Å². The second-order valence-electron chi connectivity index (χ2n) is 8.43. The zero-order valence-electron chi connectivity index (χ0n) is 16.3. The van der Waals surface area contributed by atoms with Crippen molar-refractivity contribution in [3.8, 4) is 5.75 Å². The largest absolute Gasteiger partial charge is 0.492 e. The van der Waals surface area contributed by atoms with Crippen molar-refractivity contribution in [3.05, 3.63) is 28.8 Å². The summed E-state index contributed by atoms with van der Waals surface area (Å²) in [5.74, 6) is 0.993. The van der Waals surface area contributed by atoms with Gasteiger partial charge in [-0.05, 0) is 71.1 Å². The van der Waals surface area contributed by atoms with Crippen LogP contribution in [0.15, 0.2) is 18.2 Å². The van der Waals surface area contributed by atoms with E-state index in [1.807, 2.05) is 26.8 Å². The van der Waals surface area contributed by atoms with Gasteiger partial charge in [0.25, 0.3) is 0 Å². The summed E-state index contributed by atoms with van der Waals surface area (Å²) >= 11 is 6.27. The summed E-state index contributed by atoms with van der Waals surface area (Å²) in [5.41, 5.74) is -0.653. The van der Waals surface area contributed by atoms with Crippen molar-refractivity contribution in [3.63, 3.8) is 0 Å². The van der Waals surface area contributed by atoms with Gasteiger partial charge < -0.3 is 19.5 Å². The van der Waals surface area contributed by atoms with E-state index < -0.39 is 11.2 Å². The molecule has 0 aromatic heterocycles. The van der Waals surface area contributed by atoms with Gasteiger partial charge in [0, 0.05) is 13.1 Å². The first kappa shape index (κ1) is 20.8. The maximum atomic E-state index is 12.1. The lowest BCUT2D eigenvalue weighted by Gasteiger charge is -2.33. The number of rotatable bonds is 4. The second kappa shape index (κ2) is 8.05. The molecule has 0 bridgehead atoms. The Morgan fingerprint density at radius 3 is 2.35 bits per heavy atom. The van der Waals surface area contributed by atoms with E-state index >= 15 is 0 Å². The van der Waals surface area contributed by atoms with Gasteiger partial charge in [-0.3, -0.25) is 0 Å². The standard InChI is InChI=1S/C20H30ClNO4/c1-19(2,3)26-18(23)22-10-8-14(9-11-22)13-25-17-7-6-15(12-16(17)21)20(4,5)24/h6-7,12,14,24H,8-11,13H2,1-5H3. The van der Waals surface area contributed by atoms with Gasteiger partial charge >= 0.3 is 6.09 Å². The number of aliphatic hydroxyl groups is 1. The molecular weight excluding hydrogens is 354 g/mol. The van der Waals surface area contributed by atoms with Crippen LogP contribution in [0.5, 0.6) is 5.75 Å². The van der Waals surface area contributed by atoms with Gasteiger partial charge in [-0.1, -0.05) is 17.7 Å². The SMILES string of the molecule is CC(C)(C)OC(=O)N1CCC(COc2ccc(C(C)(C)O)cc2Cl)CC1. The molecule has 0 spiro atoms. The highest BCUT2D eigenvalue weighted by molar-refractivity contribution is 6.32. The van der Waals surface area contributed by atoms with Crippen LogP contribution < -0.4 is 4.74 Å². The summed E-state index contributed by atoms with van der Waals surface area (Å²) in [5, 5.41) is 10.5. The van der Waals surface area contributed by atoms with E-state index in [9.17, 15) is 9.90 Å². The Morgan fingerprint density at radius 1 is 1.23 bits per heavy atom. The Bertz CT molecular complexity index is 626. The van der Waals surface area contributed by atoms with Crippen molar-refractivity contribution >= 4 is 17.7 Å². The molecule has 1 N–H and O–H groups in total. The monoisotopic (exact) mass is 383 g/mol. The van der Waals surface area contributed by atoms with Crippen LogP contribution in [0.2, 0.25) is 5.02 Å². The minimum atomic E-state index is -0.934. The first-order valence-corrected chi connectivity index (χ1v) is 9.46. The summed E-state index contributed by atoms with van der Waals surface area (Å²) in [6, 6.07) is 5.36. The smallest absolute Gasteiger partial charge is 0.410 e. The number of carbonyl (C=O) groups excluding carboxylic acids is 1. The Hall–Kier alpha value is -1.46. The lowest BCUT2D eigenvalue weighted by atomic mass is 9.97. The Kier molecular flexibility index (Phi) is 6.46. The van der Waals surface area contributed by atoms with Crippen LogP contribution in [-0.4, -0.2) is 41.4 Å². The molecule has 1 aliphatic rings. The van der Waals surface area contributed by atoms with E-state index in [-0.39, 0.29) is 6.09 Å². The molecule has 1 aliphatic heterocycles. The average molecular weight is 384 g/mol.